The zero-order valence-electron chi connectivity index (χ0n) is 7.43. The number of aryl methyl sites for hydroxylation is 1. The zero-order chi connectivity index (χ0) is 8.39. The predicted octanol–water partition coefficient (Wildman–Crippen LogP) is 0.733. The molecule has 3 heteroatoms. The van der Waals surface area contributed by atoms with Gasteiger partial charge in [-0.25, -0.2) is 0 Å². The Morgan fingerprint density at radius 3 is 2.67 bits per heavy atom. The Morgan fingerprint density at radius 2 is 2.08 bits per heavy atom. The summed E-state index contributed by atoms with van der Waals surface area (Å²) in [6.07, 6.45) is 2.08. The number of hydrogen-bond donors (Lipinski definition) is 2. The summed E-state index contributed by atoms with van der Waals surface area (Å²) in [7, 11) is 0. The highest BCUT2D eigenvalue weighted by Crippen LogP contribution is 2.14. The summed E-state index contributed by atoms with van der Waals surface area (Å²) in [5, 5.41) is 3.34. The van der Waals surface area contributed by atoms with Gasteiger partial charge in [-0.2, -0.15) is 0 Å². The van der Waals surface area contributed by atoms with Crippen LogP contribution >= 0.6 is 0 Å². The molecule has 1 aliphatic heterocycles. The Bertz CT molecular complexity index is 248. The lowest BCUT2D eigenvalue weighted by atomic mass is 10.3. The van der Waals surface area contributed by atoms with Gasteiger partial charge in [-0.05, 0) is 13.0 Å². The Labute approximate surface area is 72.8 Å². The molecule has 2 heterocycles. The summed E-state index contributed by atoms with van der Waals surface area (Å²) in [4.78, 5) is 5.61. The lowest BCUT2D eigenvalue weighted by Crippen LogP contribution is -2.43. The van der Waals surface area contributed by atoms with E-state index in [1.165, 1.54) is 11.4 Å². The van der Waals surface area contributed by atoms with Gasteiger partial charge in [-0.3, -0.25) is 0 Å². The van der Waals surface area contributed by atoms with Gasteiger partial charge < -0.3 is 15.2 Å². The van der Waals surface area contributed by atoms with Gasteiger partial charge in [0.25, 0.3) is 0 Å². The fraction of sp³-hybridized carbons (Fsp3) is 0.556. The third-order valence-electron chi connectivity index (χ3n) is 2.29. The minimum Gasteiger partial charge on any atom is -0.368 e. The summed E-state index contributed by atoms with van der Waals surface area (Å²) in [6, 6.07) is 2.20. The minimum atomic E-state index is 1.10. The number of aromatic nitrogens is 1. The van der Waals surface area contributed by atoms with E-state index in [1.54, 1.807) is 0 Å². The quantitative estimate of drug-likeness (QED) is 0.643. The van der Waals surface area contributed by atoms with Crippen LogP contribution in [-0.4, -0.2) is 31.2 Å². The summed E-state index contributed by atoms with van der Waals surface area (Å²) in [5.41, 5.74) is 2.57. The van der Waals surface area contributed by atoms with E-state index in [4.69, 9.17) is 0 Å². The highest BCUT2D eigenvalue weighted by atomic mass is 15.2. The van der Waals surface area contributed by atoms with Gasteiger partial charge in [0, 0.05) is 38.1 Å². The van der Waals surface area contributed by atoms with E-state index in [-0.39, 0.29) is 0 Å². The van der Waals surface area contributed by atoms with Crippen molar-refractivity contribution in [2.24, 2.45) is 0 Å². The van der Waals surface area contributed by atoms with E-state index in [2.05, 4.69) is 34.4 Å². The van der Waals surface area contributed by atoms with Crippen LogP contribution in [0.3, 0.4) is 0 Å². The normalized spacial score (nSPS) is 18.2. The molecular formula is C9H15N3. The Hall–Kier alpha value is -0.960. The number of aromatic amines is 1. The Balaban J connectivity index is 2.08. The van der Waals surface area contributed by atoms with Gasteiger partial charge in [-0.15, -0.1) is 0 Å². The lowest BCUT2D eigenvalue weighted by Gasteiger charge is -2.28. The van der Waals surface area contributed by atoms with Gasteiger partial charge in [0.1, 0.15) is 0 Å². The molecule has 2 rings (SSSR count). The molecule has 1 saturated heterocycles. The number of anilines is 1. The topological polar surface area (TPSA) is 31.1 Å². The maximum Gasteiger partial charge on any atom is 0.0547 e. The number of rotatable bonds is 1. The molecule has 2 N–H and O–H groups in total. The second kappa shape index (κ2) is 3.19. The van der Waals surface area contributed by atoms with Crippen LogP contribution in [0.25, 0.3) is 0 Å². The van der Waals surface area contributed by atoms with Crippen molar-refractivity contribution in [2.45, 2.75) is 6.92 Å². The number of H-pyrrole nitrogens is 1. The largest absolute Gasteiger partial charge is 0.368 e. The molecule has 0 unspecified atom stereocenters. The van der Waals surface area contributed by atoms with Crippen LogP contribution in [0, 0.1) is 6.92 Å². The van der Waals surface area contributed by atoms with Crippen molar-refractivity contribution in [3.63, 3.8) is 0 Å². The molecule has 1 aliphatic rings. The maximum absolute atomic E-state index is 3.34. The van der Waals surface area contributed by atoms with E-state index in [0.717, 1.165) is 26.2 Å². The van der Waals surface area contributed by atoms with Crippen LogP contribution in [0.4, 0.5) is 5.69 Å². The van der Waals surface area contributed by atoms with Crippen molar-refractivity contribution in [1.82, 2.24) is 10.3 Å². The average molecular weight is 165 g/mol. The molecule has 12 heavy (non-hydrogen) atoms. The fourth-order valence-corrected chi connectivity index (χ4v) is 1.60. The molecule has 0 spiro atoms. The van der Waals surface area contributed by atoms with Crippen molar-refractivity contribution in [3.8, 4) is 0 Å². The fourth-order valence-electron chi connectivity index (χ4n) is 1.60. The molecule has 0 amide bonds. The molecule has 3 nitrogen and oxygen atoms in total. The second-order valence-electron chi connectivity index (χ2n) is 3.28. The highest BCUT2D eigenvalue weighted by Gasteiger charge is 2.10. The maximum atomic E-state index is 3.34. The average Bonchev–Trinajstić information content (AvgIpc) is 2.54. The van der Waals surface area contributed by atoms with Crippen molar-refractivity contribution in [3.05, 3.63) is 18.0 Å². The Kier molecular flexibility index (Phi) is 2.04. The summed E-state index contributed by atoms with van der Waals surface area (Å²) in [6.45, 7) is 6.54. The number of nitrogens with one attached hydrogen (secondary N) is 2. The third kappa shape index (κ3) is 1.46. The standard InChI is InChI=1S/C9H15N3/c1-8-6-9(7-11-8)12-4-2-10-3-5-12/h6-7,10-11H,2-5H2,1H3. The number of hydrogen-bond acceptors (Lipinski definition) is 2. The molecule has 0 aliphatic carbocycles. The molecule has 1 aromatic heterocycles. The zero-order valence-corrected chi connectivity index (χ0v) is 7.43. The summed E-state index contributed by atoms with van der Waals surface area (Å²) in [5.74, 6) is 0. The van der Waals surface area contributed by atoms with E-state index in [9.17, 15) is 0 Å². The van der Waals surface area contributed by atoms with Crippen LogP contribution in [0.1, 0.15) is 5.69 Å². The van der Waals surface area contributed by atoms with Gasteiger partial charge in [0.2, 0.25) is 0 Å². The summed E-state index contributed by atoms with van der Waals surface area (Å²) < 4.78 is 0. The van der Waals surface area contributed by atoms with Crippen molar-refractivity contribution >= 4 is 5.69 Å². The first-order valence-electron chi connectivity index (χ1n) is 4.47. The van der Waals surface area contributed by atoms with Crippen molar-refractivity contribution < 1.29 is 0 Å². The van der Waals surface area contributed by atoms with Gasteiger partial charge in [0.15, 0.2) is 0 Å². The number of piperazine rings is 1. The van der Waals surface area contributed by atoms with Crippen LogP contribution < -0.4 is 10.2 Å². The Morgan fingerprint density at radius 1 is 1.33 bits per heavy atom. The van der Waals surface area contributed by atoms with Gasteiger partial charge in [-0.1, -0.05) is 0 Å². The molecule has 66 valence electrons. The molecule has 1 fully saturated rings. The molecule has 0 aromatic carbocycles. The molecule has 1 aromatic rings. The van der Waals surface area contributed by atoms with E-state index < -0.39 is 0 Å². The van der Waals surface area contributed by atoms with Gasteiger partial charge >= 0.3 is 0 Å². The second-order valence-corrected chi connectivity index (χ2v) is 3.28. The highest BCUT2D eigenvalue weighted by molar-refractivity contribution is 5.46. The SMILES string of the molecule is Cc1cc(N2CCNCC2)c[nH]1. The molecular weight excluding hydrogens is 150 g/mol. The van der Waals surface area contributed by atoms with E-state index in [1.807, 2.05) is 0 Å². The first kappa shape index (κ1) is 7.68. The van der Waals surface area contributed by atoms with E-state index in [0.29, 0.717) is 0 Å². The first-order chi connectivity index (χ1) is 5.86. The molecule has 0 radical (unpaired) electrons. The first-order valence-corrected chi connectivity index (χ1v) is 4.47. The van der Waals surface area contributed by atoms with Crippen LogP contribution in [-0.2, 0) is 0 Å². The van der Waals surface area contributed by atoms with Crippen molar-refractivity contribution in [1.29, 1.82) is 0 Å². The summed E-state index contributed by atoms with van der Waals surface area (Å²) >= 11 is 0. The minimum absolute atomic E-state index is 1.10. The molecule has 0 bridgehead atoms. The van der Waals surface area contributed by atoms with Crippen molar-refractivity contribution in [2.75, 3.05) is 31.1 Å². The molecule has 0 saturated carbocycles. The van der Waals surface area contributed by atoms with E-state index >= 15 is 0 Å². The monoisotopic (exact) mass is 165 g/mol. The molecule has 0 atom stereocenters. The van der Waals surface area contributed by atoms with Gasteiger partial charge in [0.05, 0.1) is 5.69 Å². The lowest BCUT2D eigenvalue weighted by molar-refractivity contribution is 0.589. The third-order valence-corrected chi connectivity index (χ3v) is 2.29. The van der Waals surface area contributed by atoms with Crippen LogP contribution in [0.15, 0.2) is 12.3 Å². The predicted molar refractivity (Wildman–Crippen MR) is 50.6 cm³/mol. The van der Waals surface area contributed by atoms with Crippen LogP contribution in [0.5, 0.6) is 0 Å². The van der Waals surface area contributed by atoms with Crippen LogP contribution in [0.2, 0.25) is 0 Å². The number of nitrogens with zero attached hydrogens (tertiary/aromatic N) is 1. The smallest absolute Gasteiger partial charge is 0.0547 e.